The summed E-state index contributed by atoms with van der Waals surface area (Å²) in [5, 5.41) is 3.34. The van der Waals surface area contributed by atoms with Gasteiger partial charge in [-0.25, -0.2) is 4.98 Å². The Hall–Kier alpha value is -1.00. The van der Waals surface area contributed by atoms with E-state index in [2.05, 4.69) is 23.4 Å². The molecule has 0 saturated carbocycles. The molecule has 0 atom stereocenters. The fourth-order valence-electron chi connectivity index (χ4n) is 1.51. The van der Waals surface area contributed by atoms with Gasteiger partial charge in [0, 0.05) is 21.7 Å². The highest BCUT2D eigenvalue weighted by Gasteiger charge is 2.05. The maximum Gasteiger partial charge on any atom is 0.0925 e. The third-order valence-electron chi connectivity index (χ3n) is 2.56. The zero-order valence-corrected chi connectivity index (χ0v) is 11.7. The largest absolute Gasteiger partial charge is 0.398 e. The van der Waals surface area contributed by atoms with Crippen LogP contribution in [-0.2, 0) is 12.2 Å². The summed E-state index contributed by atoms with van der Waals surface area (Å²) in [6.45, 7) is 4.17. The first-order valence-electron chi connectivity index (χ1n) is 5.62. The maximum absolute atomic E-state index is 6.04. The highest BCUT2D eigenvalue weighted by atomic mass is 32.2. The number of nitrogens with zero attached hydrogens (tertiary/aromatic N) is 1. The number of rotatable bonds is 4. The van der Waals surface area contributed by atoms with E-state index >= 15 is 0 Å². The summed E-state index contributed by atoms with van der Waals surface area (Å²) < 4.78 is 0. The SMILES string of the molecule is CCc1nc(CSc2cccc(C)c2N)cs1. The maximum atomic E-state index is 6.04. The molecule has 17 heavy (non-hydrogen) atoms. The normalized spacial score (nSPS) is 10.7. The average Bonchev–Trinajstić information content (AvgIpc) is 2.79. The van der Waals surface area contributed by atoms with Crippen molar-refractivity contribution in [3.8, 4) is 0 Å². The van der Waals surface area contributed by atoms with Gasteiger partial charge in [0.2, 0.25) is 0 Å². The number of hydrogen-bond acceptors (Lipinski definition) is 4. The molecule has 90 valence electrons. The van der Waals surface area contributed by atoms with Crippen molar-refractivity contribution < 1.29 is 0 Å². The number of hydrogen-bond donors (Lipinski definition) is 1. The van der Waals surface area contributed by atoms with Gasteiger partial charge in [-0.1, -0.05) is 19.1 Å². The molecule has 0 aliphatic heterocycles. The van der Waals surface area contributed by atoms with Crippen molar-refractivity contribution in [1.82, 2.24) is 4.98 Å². The second-order valence-corrected chi connectivity index (χ2v) is 5.82. The summed E-state index contributed by atoms with van der Waals surface area (Å²) in [5.74, 6) is 0.893. The number of thiazole rings is 1. The second kappa shape index (κ2) is 5.56. The van der Waals surface area contributed by atoms with Crippen molar-refractivity contribution in [2.24, 2.45) is 0 Å². The van der Waals surface area contributed by atoms with Crippen LogP contribution in [-0.4, -0.2) is 4.98 Å². The number of para-hydroxylation sites is 1. The molecule has 2 rings (SSSR count). The van der Waals surface area contributed by atoms with E-state index in [4.69, 9.17) is 5.73 Å². The highest BCUT2D eigenvalue weighted by Crippen LogP contribution is 2.30. The van der Waals surface area contributed by atoms with E-state index in [0.717, 1.165) is 34.0 Å². The van der Waals surface area contributed by atoms with Crippen molar-refractivity contribution in [3.05, 3.63) is 39.8 Å². The Bertz CT molecular complexity index is 506. The van der Waals surface area contributed by atoms with Gasteiger partial charge in [-0.2, -0.15) is 0 Å². The molecule has 0 amide bonds. The molecule has 0 unspecified atom stereocenters. The summed E-state index contributed by atoms with van der Waals surface area (Å²) in [7, 11) is 0. The summed E-state index contributed by atoms with van der Waals surface area (Å²) >= 11 is 3.49. The lowest BCUT2D eigenvalue weighted by molar-refractivity contribution is 1.06. The van der Waals surface area contributed by atoms with Crippen molar-refractivity contribution in [2.75, 3.05) is 5.73 Å². The Balaban J connectivity index is 2.04. The first-order valence-corrected chi connectivity index (χ1v) is 7.48. The Morgan fingerprint density at radius 3 is 2.94 bits per heavy atom. The molecule has 0 bridgehead atoms. The molecule has 0 radical (unpaired) electrons. The van der Waals surface area contributed by atoms with Crippen molar-refractivity contribution in [2.45, 2.75) is 30.9 Å². The number of benzene rings is 1. The summed E-state index contributed by atoms with van der Waals surface area (Å²) in [6, 6.07) is 6.16. The Kier molecular flexibility index (Phi) is 4.07. The molecular weight excluding hydrogens is 248 g/mol. The van der Waals surface area contributed by atoms with Gasteiger partial charge < -0.3 is 5.73 Å². The fraction of sp³-hybridized carbons (Fsp3) is 0.308. The molecule has 0 aliphatic carbocycles. The number of nitrogens with two attached hydrogens (primary N) is 1. The monoisotopic (exact) mass is 264 g/mol. The molecule has 0 spiro atoms. The molecule has 4 heteroatoms. The fourth-order valence-corrected chi connectivity index (χ4v) is 3.30. The van der Waals surface area contributed by atoms with Crippen molar-refractivity contribution >= 4 is 28.8 Å². The average molecular weight is 264 g/mol. The molecule has 0 fully saturated rings. The molecule has 1 aromatic carbocycles. The molecule has 1 heterocycles. The standard InChI is InChI=1S/C13H16N2S2/c1-3-12-15-10(8-17-12)7-16-11-6-4-5-9(2)13(11)14/h4-6,8H,3,7,14H2,1-2H3. The van der Waals surface area contributed by atoms with Crippen molar-refractivity contribution in [3.63, 3.8) is 0 Å². The predicted octanol–water partition coefficient (Wildman–Crippen LogP) is 3.89. The van der Waals surface area contributed by atoms with E-state index in [1.807, 2.05) is 19.1 Å². The zero-order chi connectivity index (χ0) is 12.3. The van der Waals surface area contributed by atoms with Crippen LogP contribution in [0.2, 0.25) is 0 Å². The number of thioether (sulfide) groups is 1. The molecule has 2 N–H and O–H groups in total. The van der Waals surface area contributed by atoms with Gasteiger partial charge in [0.1, 0.15) is 0 Å². The summed E-state index contributed by atoms with van der Waals surface area (Å²) in [4.78, 5) is 5.70. The lowest BCUT2D eigenvalue weighted by Gasteiger charge is -2.06. The van der Waals surface area contributed by atoms with Crippen molar-refractivity contribution in [1.29, 1.82) is 0 Å². The van der Waals surface area contributed by atoms with Crippen LogP contribution in [0.4, 0.5) is 5.69 Å². The minimum absolute atomic E-state index is 0.892. The van der Waals surface area contributed by atoms with Gasteiger partial charge in [-0.15, -0.1) is 23.1 Å². The van der Waals surface area contributed by atoms with Gasteiger partial charge >= 0.3 is 0 Å². The number of nitrogen functional groups attached to an aromatic ring is 1. The smallest absolute Gasteiger partial charge is 0.0925 e. The third-order valence-corrected chi connectivity index (χ3v) is 4.71. The Labute approximate surface area is 110 Å². The van der Waals surface area contributed by atoms with E-state index in [1.54, 1.807) is 23.1 Å². The van der Waals surface area contributed by atoms with Gasteiger partial charge in [-0.3, -0.25) is 0 Å². The van der Waals surface area contributed by atoms with E-state index in [-0.39, 0.29) is 0 Å². The van der Waals surface area contributed by atoms with Gasteiger partial charge in [-0.05, 0) is 25.0 Å². The minimum atomic E-state index is 0.892. The van der Waals surface area contributed by atoms with Gasteiger partial charge in [0.15, 0.2) is 0 Å². The Morgan fingerprint density at radius 1 is 1.41 bits per heavy atom. The first kappa shape index (κ1) is 12.5. The lowest BCUT2D eigenvalue weighted by Crippen LogP contribution is -1.92. The highest BCUT2D eigenvalue weighted by molar-refractivity contribution is 7.98. The lowest BCUT2D eigenvalue weighted by atomic mass is 10.2. The topological polar surface area (TPSA) is 38.9 Å². The van der Waals surface area contributed by atoms with E-state index in [9.17, 15) is 0 Å². The van der Waals surface area contributed by atoms with Crippen LogP contribution < -0.4 is 5.73 Å². The van der Waals surface area contributed by atoms with Crippen LogP contribution in [0.15, 0.2) is 28.5 Å². The van der Waals surface area contributed by atoms with E-state index < -0.39 is 0 Å². The number of aryl methyl sites for hydroxylation is 2. The number of anilines is 1. The predicted molar refractivity (Wildman–Crippen MR) is 76.6 cm³/mol. The zero-order valence-electron chi connectivity index (χ0n) is 10.1. The summed E-state index contributed by atoms with van der Waals surface area (Å²) in [5.41, 5.74) is 9.22. The van der Waals surface area contributed by atoms with Crippen LogP contribution in [0.1, 0.15) is 23.2 Å². The Morgan fingerprint density at radius 2 is 2.24 bits per heavy atom. The molecule has 1 aromatic heterocycles. The van der Waals surface area contributed by atoms with Crippen LogP contribution in [0, 0.1) is 6.92 Å². The van der Waals surface area contributed by atoms with Gasteiger partial charge in [0.05, 0.1) is 10.7 Å². The summed E-state index contributed by atoms with van der Waals surface area (Å²) in [6.07, 6.45) is 1.02. The molecular formula is C13H16N2S2. The second-order valence-electron chi connectivity index (χ2n) is 3.86. The first-order chi connectivity index (χ1) is 8.20. The number of aromatic nitrogens is 1. The van der Waals surface area contributed by atoms with E-state index in [0.29, 0.717) is 0 Å². The minimum Gasteiger partial charge on any atom is -0.398 e. The van der Waals surface area contributed by atoms with Crippen LogP contribution >= 0.6 is 23.1 Å². The van der Waals surface area contributed by atoms with E-state index in [1.165, 1.54) is 5.01 Å². The van der Waals surface area contributed by atoms with Crippen LogP contribution in [0.3, 0.4) is 0 Å². The van der Waals surface area contributed by atoms with Gasteiger partial charge in [0.25, 0.3) is 0 Å². The third kappa shape index (κ3) is 3.01. The molecule has 2 aromatic rings. The van der Waals surface area contributed by atoms with Crippen LogP contribution in [0.5, 0.6) is 0 Å². The molecule has 2 nitrogen and oxygen atoms in total. The molecule has 0 aliphatic rings. The quantitative estimate of drug-likeness (QED) is 0.672. The van der Waals surface area contributed by atoms with Crippen LogP contribution in [0.25, 0.3) is 0 Å². The molecule has 0 saturated heterocycles.